The molecule has 3 heterocycles. The number of ether oxygens (including phenoxy) is 1. The fourth-order valence-corrected chi connectivity index (χ4v) is 3.36. The predicted molar refractivity (Wildman–Crippen MR) is 84.5 cm³/mol. The molecule has 2 fully saturated rings. The van der Waals surface area contributed by atoms with Crippen molar-refractivity contribution in [3.05, 3.63) is 17.7 Å². The number of alkyl halides is 3. The molecule has 1 aromatic rings. The van der Waals surface area contributed by atoms with Gasteiger partial charge in [0.1, 0.15) is 11.4 Å². The number of aromatic nitrogens is 1. The Morgan fingerprint density at radius 2 is 1.92 bits per heavy atom. The van der Waals surface area contributed by atoms with Crippen LogP contribution in [-0.4, -0.2) is 37.6 Å². The van der Waals surface area contributed by atoms with Gasteiger partial charge in [0.05, 0.1) is 12.5 Å². The van der Waals surface area contributed by atoms with Gasteiger partial charge in [-0.25, -0.2) is 0 Å². The second-order valence-electron chi connectivity index (χ2n) is 5.96. The zero-order chi connectivity index (χ0) is 16.7. The number of nitrogens with zero attached hydrogens (tertiary/aromatic N) is 2. The van der Waals surface area contributed by atoms with Gasteiger partial charge in [-0.2, -0.15) is 18.2 Å². The Balaban J connectivity index is 0.00000208. The minimum Gasteiger partial charge on any atom is -0.481 e. The molecule has 2 aliphatic rings. The number of methoxy groups -OCH3 is 1. The Hall–Kier alpha value is -1.54. The molecule has 0 saturated carbocycles. The molecule has 1 amide bonds. The summed E-state index contributed by atoms with van der Waals surface area (Å²) in [6.07, 6.45) is -2.33. The number of halogens is 4. The van der Waals surface area contributed by atoms with Crippen LogP contribution in [0.4, 0.5) is 19.0 Å². The lowest BCUT2D eigenvalue weighted by molar-refractivity contribution is -0.139. The van der Waals surface area contributed by atoms with Crippen molar-refractivity contribution in [2.24, 2.45) is 5.41 Å². The Bertz CT molecular complexity index is 618. The van der Waals surface area contributed by atoms with Crippen LogP contribution < -0.4 is 15.0 Å². The predicted octanol–water partition coefficient (Wildman–Crippen LogP) is 2.64. The van der Waals surface area contributed by atoms with Crippen LogP contribution in [0.2, 0.25) is 0 Å². The van der Waals surface area contributed by atoms with Crippen LogP contribution in [0.15, 0.2) is 12.1 Å². The molecule has 0 radical (unpaired) electrons. The minimum absolute atomic E-state index is 0. The molecule has 0 aromatic carbocycles. The van der Waals surface area contributed by atoms with Gasteiger partial charge in [-0.15, -0.1) is 12.4 Å². The van der Waals surface area contributed by atoms with Crippen LogP contribution in [0.1, 0.15) is 24.8 Å². The first-order valence-electron chi connectivity index (χ1n) is 7.52. The summed E-state index contributed by atoms with van der Waals surface area (Å²) in [7, 11) is 1.14. The average molecular weight is 366 g/mol. The fraction of sp³-hybridized carbons (Fsp3) is 0.600. The van der Waals surface area contributed by atoms with E-state index in [4.69, 9.17) is 4.74 Å². The largest absolute Gasteiger partial charge is 0.481 e. The van der Waals surface area contributed by atoms with E-state index in [9.17, 15) is 18.0 Å². The highest BCUT2D eigenvalue weighted by molar-refractivity contribution is 5.99. The number of rotatable bonds is 2. The summed E-state index contributed by atoms with van der Waals surface area (Å²) >= 11 is 0. The van der Waals surface area contributed by atoms with E-state index in [-0.39, 0.29) is 24.1 Å². The molecule has 2 aliphatic heterocycles. The van der Waals surface area contributed by atoms with Crippen LogP contribution >= 0.6 is 12.4 Å². The number of amides is 1. The molecular formula is C15H19ClF3N3O2. The zero-order valence-electron chi connectivity index (χ0n) is 13.2. The average Bonchev–Trinajstić information content (AvgIpc) is 2.83. The Morgan fingerprint density at radius 3 is 2.50 bits per heavy atom. The quantitative estimate of drug-likeness (QED) is 0.875. The van der Waals surface area contributed by atoms with Gasteiger partial charge in [0.25, 0.3) is 0 Å². The summed E-state index contributed by atoms with van der Waals surface area (Å²) < 4.78 is 43.5. The Kier molecular flexibility index (Phi) is 5.29. The lowest BCUT2D eigenvalue weighted by Gasteiger charge is -2.31. The van der Waals surface area contributed by atoms with Gasteiger partial charge in [0.15, 0.2) is 0 Å². The van der Waals surface area contributed by atoms with Gasteiger partial charge < -0.3 is 10.1 Å². The highest BCUT2D eigenvalue weighted by atomic mass is 35.5. The van der Waals surface area contributed by atoms with E-state index in [1.807, 2.05) is 0 Å². The van der Waals surface area contributed by atoms with Gasteiger partial charge in [-0.1, -0.05) is 0 Å². The van der Waals surface area contributed by atoms with Crippen molar-refractivity contribution in [2.45, 2.75) is 25.4 Å². The summed E-state index contributed by atoms with van der Waals surface area (Å²) in [4.78, 5) is 18.2. The van der Waals surface area contributed by atoms with Gasteiger partial charge in [0.2, 0.25) is 11.8 Å². The van der Waals surface area contributed by atoms with Gasteiger partial charge in [0, 0.05) is 6.54 Å². The molecule has 2 saturated heterocycles. The molecule has 3 rings (SSSR count). The molecule has 1 N–H and O–H groups in total. The molecular weight excluding hydrogens is 347 g/mol. The van der Waals surface area contributed by atoms with Crippen LogP contribution in [0.25, 0.3) is 0 Å². The standard InChI is InChI=1S/C15H18F3N3O2.ClH/c1-23-12-10(15(16,17)18)2-3-11(20-12)21-9-6-14(13(21)22)4-7-19-8-5-14;/h2-3,19H,4-9H2,1H3;1H. The molecule has 134 valence electrons. The third-order valence-electron chi connectivity index (χ3n) is 4.69. The summed E-state index contributed by atoms with van der Waals surface area (Å²) in [5, 5.41) is 3.22. The van der Waals surface area contributed by atoms with Crippen molar-refractivity contribution in [3.63, 3.8) is 0 Å². The molecule has 0 atom stereocenters. The van der Waals surface area contributed by atoms with Crippen LogP contribution in [0, 0.1) is 5.41 Å². The topological polar surface area (TPSA) is 54.5 Å². The number of hydrogen-bond donors (Lipinski definition) is 1. The van der Waals surface area contributed by atoms with E-state index < -0.39 is 23.0 Å². The van der Waals surface area contributed by atoms with Crippen LogP contribution in [0.5, 0.6) is 5.88 Å². The number of nitrogens with one attached hydrogen (secondary N) is 1. The number of carbonyl (C=O) groups is 1. The summed E-state index contributed by atoms with van der Waals surface area (Å²) in [6.45, 7) is 2.03. The molecule has 0 bridgehead atoms. The van der Waals surface area contributed by atoms with Crippen molar-refractivity contribution < 1.29 is 22.7 Å². The van der Waals surface area contributed by atoms with Gasteiger partial charge in [-0.3, -0.25) is 9.69 Å². The normalized spacial score (nSPS) is 20.2. The Labute approximate surface area is 144 Å². The van der Waals surface area contributed by atoms with Crippen LogP contribution in [-0.2, 0) is 11.0 Å². The van der Waals surface area contributed by atoms with Gasteiger partial charge in [-0.05, 0) is 44.5 Å². The number of pyridine rings is 1. The maximum atomic E-state index is 12.9. The van der Waals surface area contributed by atoms with E-state index in [0.29, 0.717) is 13.0 Å². The maximum Gasteiger partial charge on any atom is 0.421 e. The highest BCUT2D eigenvalue weighted by Crippen LogP contribution is 2.42. The third-order valence-corrected chi connectivity index (χ3v) is 4.69. The molecule has 5 nitrogen and oxygen atoms in total. The lowest BCUT2D eigenvalue weighted by Crippen LogP contribution is -2.42. The lowest BCUT2D eigenvalue weighted by atomic mass is 9.78. The number of carbonyl (C=O) groups excluding carboxylic acids is 1. The fourth-order valence-electron chi connectivity index (χ4n) is 3.36. The van der Waals surface area contributed by atoms with E-state index in [1.165, 1.54) is 11.0 Å². The molecule has 0 unspecified atom stereocenters. The first-order chi connectivity index (χ1) is 10.9. The summed E-state index contributed by atoms with van der Waals surface area (Å²) in [5.41, 5.74) is -1.34. The first kappa shape index (κ1) is 18.8. The zero-order valence-corrected chi connectivity index (χ0v) is 14.0. The molecule has 9 heteroatoms. The smallest absolute Gasteiger partial charge is 0.421 e. The molecule has 1 spiro atoms. The second kappa shape index (κ2) is 6.76. The van der Waals surface area contributed by atoms with Crippen molar-refractivity contribution in [1.29, 1.82) is 0 Å². The van der Waals surface area contributed by atoms with Crippen molar-refractivity contribution in [1.82, 2.24) is 10.3 Å². The second-order valence-corrected chi connectivity index (χ2v) is 5.96. The molecule has 24 heavy (non-hydrogen) atoms. The van der Waals surface area contributed by atoms with Gasteiger partial charge >= 0.3 is 6.18 Å². The number of anilines is 1. The van der Waals surface area contributed by atoms with Crippen molar-refractivity contribution in [3.8, 4) is 5.88 Å². The summed E-state index contributed by atoms with van der Waals surface area (Å²) in [6, 6.07) is 2.16. The van der Waals surface area contributed by atoms with Crippen molar-refractivity contribution in [2.75, 3.05) is 31.6 Å². The molecule has 0 aliphatic carbocycles. The van der Waals surface area contributed by atoms with Crippen molar-refractivity contribution >= 4 is 24.1 Å². The first-order valence-corrected chi connectivity index (χ1v) is 7.52. The van der Waals surface area contributed by atoms with E-state index in [0.717, 1.165) is 39.1 Å². The van der Waals surface area contributed by atoms with E-state index in [2.05, 4.69) is 10.3 Å². The number of hydrogen-bond acceptors (Lipinski definition) is 4. The monoisotopic (exact) mass is 365 g/mol. The SMILES string of the molecule is COc1nc(N2CCC3(CCNCC3)C2=O)ccc1C(F)(F)F.Cl. The number of piperidine rings is 1. The summed E-state index contributed by atoms with van der Waals surface area (Å²) in [5.74, 6) is -0.336. The van der Waals surface area contributed by atoms with E-state index in [1.54, 1.807) is 0 Å². The molecule has 1 aromatic heterocycles. The maximum absolute atomic E-state index is 12.9. The van der Waals surface area contributed by atoms with Crippen LogP contribution in [0.3, 0.4) is 0 Å². The third kappa shape index (κ3) is 3.17. The van der Waals surface area contributed by atoms with E-state index >= 15 is 0 Å². The highest BCUT2D eigenvalue weighted by Gasteiger charge is 2.48. The Morgan fingerprint density at radius 1 is 1.25 bits per heavy atom. The minimum atomic E-state index is -4.54.